The number of halogens is 2. The van der Waals surface area contributed by atoms with Gasteiger partial charge in [0, 0.05) is 32.9 Å². The van der Waals surface area contributed by atoms with E-state index < -0.39 is 0 Å². The fourth-order valence-corrected chi connectivity index (χ4v) is 2.41. The van der Waals surface area contributed by atoms with Gasteiger partial charge in [0.1, 0.15) is 5.82 Å². The number of carbonyl (C=O) groups excluding carboxylic acids is 1. The summed E-state index contributed by atoms with van der Waals surface area (Å²) < 4.78 is 1.96. The Morgan fingerprint density at radius 2 is 2.11 bits per heavy atom. The van der Waals surface area contributed by atoms with Gasteiger partial charge in [-0.05, 0) is 18.9 Å². The number of likely N-dealkylation sites (tertiary alicyclic amines) is 1. The maximum atomic E-state index is 11.7. The third-order valence-electron chi connectivity index (χ3n) is 3.41. The van der Waals surface area contributed by atoms with Crippen molar-refractivity contribution in [1.29, 1.82) is 0 Å². The topological polar surface area (TPSA) is 64.2 Å². The van der Waals surface area contributed by atoms with Gasteiger partial charge in [-0.3, -0.25) is 4.79 Å². The molecule has 1 fully saturated rings. The normalized spacial score (nSPS) is 23.3. The van der Waals surface area contributed by atoms with Crippen molar-refractivity contribution in [2.75, 3.05) is 13.6 Å². The van der Waals surface area contributed by atoms with Crippen molar-refractivity contribution in [2.45, 2.75) is 18.9 Å². The Morgan fingerprint density at radius 3 is 2.61 bits per heavy atom. The molecular formula is C11H20Cl2N4O. The zero-order valence-corrected chi connectivity index (χ0v) is 12.2. The molecule has 1 saturated heterocycles. The van der Waals surface area contributed by atoms with Crippen LogP contribution in [0.15, 0.2) is 12.4 Å². The average Bonchev–Trinajstić information content (AvgIpc) is 2.68. The van der Waals surface area contributed by atoms with E-state index >= 15 is 0 Å². The molecule has 0 aromatic carbocycles. The molecule has 1 aliphatic heterocycles. The molecule has 2 N–H and O–H groups in total. The maximum Gasteiger partial charge on any atom is 0.222 e. The number of carbonyl (C=O) groups is 1. The van der Waals surface area contributed by atoms with Crippen LogP contribution in [-0.2, 0) is 11.8 Å². The molecule has 2 heterocycles. The summed E-state index contributed by atoms with van der Waals surface area (Å²) in [6.07, 6.45) is 5.11. The third-order valence-corrected chi connectivity index (χ3v) is 3.41. The highest BCUT2D eigenvalue weighted by Crippen LogP contribution is 2.33. The smallest absolute Gasteiger partial charge is 0.222 e. The summed E-state index contributed by atoms with van der Waals surface area (Å²) in [6.45, 7) is 0.592. The molecule has 1 amide bonds. The van der Waals surface area contributed by atoms with Crippen LogP contribution in [0.1, 0.15) is 24.7 Å². The Morgan fingerprint density at radius 1 is 1.44 bits per heavy atom. The summed E-state index contributed by atoms with van der Waals surface area (Å²) >= 11 is 0. The molecule has 104 valence electrons. The fourth-order valence-electron chi connectivity index (χ4n) is 2.41. The quantitative estimate of drug-likeness (QED) is 0.889. The molecule has 2 rings (SSSR count). The summed E-state index contributed by atoms with van der Waals surface area (Å²) in [7, 11) is 3.78. The highest BCUT2D eigenvalue weighted by Gasteiger charge is 2.35. The summed E-state index contributed by atoms with van der Waals surface area (Å²) in [5.74, 6) is 1.41. The average molecular weight is 295 g/mol. The minimum atomic E-state index is 0. The zero-order chi connectivity index (χ0) is 11.7. The Balaban J connectivity index is 0.00000144. The van der Waals surface area contributed by atoms with Crippen molar-refractivity contribution < 1.29 is 4.79 Å². The summed E-state index contributed by atoms with van der Waals surface area (Å²) in [4.78, 5) is 17.8. The first-order valence-corrected chi connectivity index (χ1v) is 5.58. The largest absolute Gasteiger partial charge is 0.336 e. The van der Waals surface area contributed by atoms with Gasteiger partial charge < -0.3 is 15.2 Å². The van der Waals surface area contributed by atoms with E-state index in [9.17, 15) is 4.79 Å². The molecule has 1 aromatic rings. The van der Waals surface area contributed by atoms with Crippen LogP contribution in [0.25, 0.3) is 0 Å². The first-order chi connectivity index (χ1) is 7.65. The van der Waals surface area contributed by atoms with Gasteiger partial charge >= 0.3 is 0 Å². The van der Waals surface area contributed by atoms with Crippen LogP contribution in [0.3, 0.4) is 0 Å². The minimum Gasteiger partial charge on any atom is -0.336 e. The van der Waals surface area contributed by atoms with E-state index in [0.29, 0.717) is 18.9 Å². The lowest BCUT2D eigenvalue weighted by molar-refractivity contribution is -0.137. The van der Waals surface area contributed by atoms with E-state index in [1.807, 2.05) is 24.9 Å². The Kier molecular flexibility index (Phi) is 6.67. The molecule has 0 aliphatic carbocycles. The number of aromatic nitrogens is 2. The lowest BCUT2D eigenvalue weighted by Crippen LogP contribution is -2.43. The zero-order valence-electron chi connectivity index (χ0n) is 10.6. The van der Waals surface area contributed by atoms with Gasteiger partial charge in [-0.2, -0.15) is 0 Å². The number of amides is 1. The van der Waals surface area contributed by atoms with Crippen LogP contribution in [0.2, 0.25) is 0 Å². The van der Waals surface area contributed by atoms with Gasteiger partial charge in [-0.1, -0.05) is 0 Å². The minimum absolute atomic E-state index is 0. The Bertz CT molecular complexity index is 396. The van der Waals surface area contributed by atoms with Gasteiger partial charge in [0.2, 0.25) is 5.91 Å². The molecule has 0 spiro atoms. The molecular weight excluding hydrogens is 275 g/mol. The van der Waals surface area contributed by atoms with Crippen LogP contribution in [0, 0.1) is 5.92 Å². The van der Waals surface area contributed by atoms with Crippen LogP contribution < -0.4 is 5.73 Å². The van der Waals surface area contributed by atoms with Crippen LogP contribution in [0.5, 0.6) is 0 Å². The molecule has 18 heavy (non-hydrogen) atoms. The number of imidazole rings is 1. The van der Waals surface area contributed by atoms with Crippen LogP contribution in [-0.4, -0.2) is 34.0 Å². The second-order valence-electron chi connectivity index (χ2n) is 4.38. The molecule has 1 aromatic heterocycles. The van der Waals surface area contributed by atoms with Crippen molar-refractivity contribution in [2.24, 2.45) is 18.7 Å². The number of hydrogen-bond acceptors (Lipinski definition) is 3. The highest BCUT2D eigenvalue weighted by molar-refractivity contribution is 5.85. The number of rotatable bonds is 2. The second kappa shape index (κ2) is 6.97. The van der Waals surface area contributed by atoms with Crippen LogP contribution in [0.4, 0.5) is 0 Å². The molecule has 0 unspecified atom stereocenters. The number of piperidine rings is 1. The predicted octanol–water partition coefficient (Wildman–Crippen LogP) is 1.13. The molecule has 0 radical (unpaired) electrons. The number of aryl methyl sites for hydroxylation is 1. The lowest BCUT2D eigenvalue weighted by Gasteiger charge is -2.37. The lowest BCUT2D eigenvalue weighted by atomic mass is 9.88. The van der Waals surface area contributed by atoms with E-state index in [1.54, 1.807) is 11.1 Å². The first kappa shape index (κ1) is 17.2. The summed E-state index contributed by atoms with van der Waals surface area (Å²) in [6, 6.07) is 0.0197. The summed E-state index contributed by atoms with van der Waals surface area (Å²) in [5, 5.41) is 0. The Hall–Kier alpha value is -0.780. The van der Waals surface area contributed by atoms with E-state index in [2.05, 4.69) is 4.98 Å². The van der Waals surface area contributed by atoms with Crippen molar-refractivity contribution in [3.63, 3.8) is 0 Å². The molecule has 2 atom stereocenters. The highest BCUT2D eigenvalue weighted by atomic mass is 35.5. The molecule has 1 aliphatic rings. The summed E-state index contributed by atoms with van der Waals surface area (Å²) in [5.41, 5.74) is 5.78. The van der Waals surface area contributed by atoms with E-state index in [4.69, 9.17) is 5.73 Å². The SMILES string of the molecule is CN1C(=O)CC[C@H](CN)[C@H]1c1nccn1C.Cl.Cl. The van der Waals surface area contributed by atoms with Crippen LogP contribution >= 0.6 is 24.8 Å². The standard InChI is InChI=1S/C11H18N4O.2ClH/c1-14-6-5-13-11(14)10-8(7-12)3-4-9(16)15(10)2;;/h5-6,8,10H,3-4,7,12H2,1-2H3;2*1H/t8-,10+;;/m1../s1. The van der Waals surface area contributed by atoms with Crippen molar-refractivity contribution in [3.8, 4) is 0 Å². The second-order valence-corrected chi connectivity index (χ2v) is 4.38. The van der Waals surface area contributed by atoms with Crippen molar-refractivity contribution in [1.82, 2.24) is 14.5 Å². The van der Waals surface area contributed by atoms with E-state index in [-0.39, 0.29) is 36.8 Å². The van der Waals surface area contributed by atoms with E-state index in [0.717, 1.165) is 12.2 Å². The molecule has 0 bridgehead atoms. The Labute approximate surface area is 120 Å². The third kappa shape index (κ3) is 2.96. The van der Waals surface area contributed by atoms with Gasteiger partial charge in [0.25, 0.3) is 0 Å². The van der Waals surface area contributed by atoms with Gasteiger partial charge in [0.15, 0.2) is 0 Å². The fraction of sp³-hybridized carbons (Fsp3) is 0.636. The maximum absolute atomic E-state index is 11.7. The van der Waals surface area contributed by atoms with Crippen molar-refractivity contribution in [3.05, 3.63) is 18.2 Å². The monoisotopic (exact) mass is 294 g/mol. The molecule has 0 saturated carbocycles. The number of nitrogens with two attached hydrogens (primary N) is 1. The number of nitrogens with zero attached hydrogens (tertiary/aromatic N) is 3. The van der Waals surface area contributed by atoms with Gasteiger partial charge in [-0.25, -0.2) is 4.98 Å². The van der Waals surface area contributed by atoms with Crippen molar-refractivity contribution >= 4 is 30.7 Å². The molecule has 7 heteroatoms. The predicted molar refractivity (Wildman–Crippen MR) is 75.0 cm³/mol. The molecule has 5 nitrogen and oxygen atoms in total. The number of hydrogen-bond donors (Lipinski definition) is 1. The van der Waals surface area contributed by atoms with Gasteiger partial charge in [0.05, 0.1) is 6.04 Å². The first-order valence-electron chi connectivity index (χ1n) is 5.58. The van der Waals surface area contributed by atoms with E-state index in [1.165, 1.54) is 0 Å². The van der Waals surface area contributed by atoms with Gasteiger partial charge in [-0.15, -0.1) is 24.8 Å².